The minimum absolute atomic E-state index is 0.0666. The Kier molecular flexibility index (Phi) is 7.29. The smallest absolute Gasteiger partial charge is 0.244 e. The van der Waals surface area contributed by atoms with Gasteiger partial charge in [-0.2, -0.15) is 0 Å². The summed E-state index contributed by atoms with van der Waals surface area (Å²) < 4.78 is 5.18. The lowest BCUT2D eigenvalue weighted by molar-refractivity contribution is -0.132. The Labute approximate surface area is 126 Å². The number of hydrogen-bond acceptors (Lipinski definition) is 3. The molecule has 5 heteroatoms. The zero-order valence-electron chi connectivity index (χ0n) is 13.0. The van der Waals surface area contributed by atoms with Crippen molar-refractivity contribution in [2.45, 2.75) is 33.1 Å². The number of benzene rings is 1. The van der Waals surface area contributed by atoms with Crippen LogP contribution >= 0.6 is 0 Å². The Morgan fingerprint density at radius 3 is 2.57 bits per heavy atom. The highest BCUT2D eigenvalue weighted by molar-refractivity contribution is 5.95. The number of carbonyl (C=O) groups excluding carboxylic acids is 2. The van der Waals surface area contributed by atoms with Crippen LogP contribution in [0.1, 0.15) is 33.1 Å². The normalized spacial score (nSPS) is 10.0. The number of carbonyl (C=O) groups is 2. The number of nitrogens with one attached hydrogen (secondary N) is 1. The summed E-state index contributed by atoms with van der Waals surface area (Å²) in [5.41, 5.74) is 0.613. The molecule has 0 radical (unpaired) electrons. The number of amides is 2. The van der Waals surface area contributed by atoms with Crippen molar-refractivity contribution in [1.82, 2.24) is 4.90 Å². The highest BCUT2D eigenvalue weighted by Crippen LogP contribution is 2.22. The second-order valence-corrected chi connectivity index (χ2v) is 4.90. The molecule has 5 nitrogen and oxygen atoms in total. The summed E-state index contributed by atoms with van der Waals surface area (Å²) >= 11 is 0. The van der Waals surface area contributed by atoms with Gasteiger partial charge in [-0.25, -0.2) is 0 Å². The number of unbranched alkanes of at least 4 members (excludes halogenated alkanes) is 2. The number of hydrogen-bond donors (Lipinski definition) is 1. The maximum absolute atomic E-state index is 12.1. The van der Waals surface area contributed by atoms with E-state index in [1.807, 2.05) is 12.1 Å². The quantitative estimate of drug-likeness (QED) is 0.749. The molecule has 0 fully saturated rings. The number of ether oxygens (including phenoxy) is 1. The van der Waals surface area contributed by atoms with Gasteiger partial charge in [0, 0.05) is 13.5 Å². The maximum Gasteiger partial charge on any atom is 0.244 e. The van der Waals surface area contributed by atoms with E-state index in [1.165, 1.54) is 6.92 Å². The van der Waals surface area contributed by atoms with Gasteiger partial charge in [0.25, 0.3) is 0 Å². The van der Waals surface area contributed by atoms with Gasteiger partial charge in [-0.1, -0.05) is 31.9 Å². The molecular formula is C16H24N2O3. The van der Waals surface area contributed by atoms with Gasteiger partial charge in [-0.3, -0.25) is 9.59 Å². The lowest BCUT2D eigenvalue weighted by Gasteiger charge is -2.20. The summed E-state index contributed by atoms with van der Waals surface area (Å²) in [5, 5.41) is 2.78. The Morgan fingerprint density at radius 1 is 1.24 bits per heavy atom. The molecule has 0 atom stereocenters. The number of para-hydroxylation sites is 2. The molecule has 0 aliphatic carbocycles. The van der Waals surface area contributed by atoms with Crippen molar-refractivity contribution in [2.24, 2.45) is 0 Å². The van der Waals surface area contributed by atoms with Crippen molar-refractivity contribution >= 4 is 17.5 Å². The SMILES string of the molecule is CCCCCN(CC(=O)Nc1ccccc1OC)C(C)=O. The maximum atomic E-state index is 12.1. The Hall–Kier alpha value is -2.04. The molecule has 0 saturated carbocycles. The predicted octanol–water partition coefficient (Wildman–Crippen LogP) is 2.67. The molecule has 21 heavy (non-hydrogen) atoms. The largest absolute Gasteiger partial charge is 0.495 e. The van der Waals surface area contributed by atoms with E-state index < -0.39 is 0 Å². The molecular weight excluding hydrogens is 268 g/mol. The molecule has 0 aliphatic heterocycles. The van der Waals surface area contributed by atoms with Gasteiger partial charge >= 0.3 is 0 Å². The van der Waals surface area contributed by atoms with Crippen molar-refractivity contribution in [3.8, 4) is 5.75 Å². The minimum Gasteiger partial charge on any atom is -0.495 e. The van der Waals surface area contributed by atoms with Gasteiger partial charge in [-0.05, 0) is 18.6 Å². The van der Waals surface area contributed by atoms with Crippen molar-refractivity contribution < 1.29 is 14.3 Å². The van der Waals surface area contributed by atoms with Gasteiger partial charge in [0.2, 0.25) is 11.8 Å². The van der Waals surface area contributed by atoms with Crippen molar-refractivity contribution in [3.63, 3.8) is 0 Å². The van der Waals surface area contributed by atoms with Crippen LogP contribution in [0, 0.1) is 0 Å². The molecule has 116 valence electrons. The van der Waals surface area contributed by atoms with Crippen LogP contribution in [-0.4, -0.2) is 36.9 Å². The van der Waals surface area contributed by atoms with E-state index in [4.69, 9.17) is 4.74 Å². The van der Waals surface area contributed by atoms with Crippen molar-refractivity contribution in [2.75, 3.05) is 25.5 Å². The highest BCUT2D eigenvalue weighted by atomic mass is 16.5. The van der Waals surface area contributed by atoms with Gasteiger partial charge in [0.15, 0.2) is 0 Å². The van der Waals surface area contributed by atoms with E-state index in [0.717, 1.165) is 19.3 Å². The van der Waals surface area contributed by atoms with E-state index in [2.05, 4.69) is 12.2 Å². The van der Waals surface area contributed by atoms with E-state index in [-0.39, 0.29) is 18.4 Å². The zero-order chi connectivity index (χ0) is 15.7. The molecule has 0 saturated heterocycles. The Morgan fingerprint density at radius 2 is 1.95 bits per heavy atom. The van der Waals surface area contributed by atoms with Gasteiger partial charge in [0.05, 0.1) is 19.3 Å². The first-order chi connectivity index (χ1) is 10.1. The molecule has 0 bridgehead atoms. The summed E-state index contributed by atoms with van der Waals surface area (Å²) in [6.07, 6.45) is 3.05. The van der Waals surface area contributed by atoms with E-state index in [9.17, 15) is 9.59 Å². The van der Waals surface area contributed by atoms with Crippen LogP contribution in [0.4, 0.5) is 5.69 Å². The van der Waals surface area contributed by atoms with Crippen LogP contribution in [0.25, 0.3) is 0 Å². The highest BCUT2D eigenvalue weighted by Gasteiger charge is 2.14. The first-order valence-electron chi connectivity index (χ1n) is 7.26. The first-order valence-corrected chi connectivity index (χ1v) is 7.26. The fourth-order valence-corrected chi connectivity index (χ4v) is 2.01. The van der Waals surface area contributed by atoms with Gasteiger partial charge in [-0.15, -0.1) is 0 Å². The number of anilines is 1. The Balaban J connectivity index is 2.59. The number of nitrogens with zero attached hydrogens (tertiary/aromatic N) is 1. The summed E-state index contributed by atoms with van der Waals surface area (Å²) in [6.45, 7) is 4.27. The zero-order valence-corrected chi connectivity index (χ0v) is 13.0. The van der Waals surface area contributed by atoms with Gasteiger partial charge in [0.1, 0.15) is 5.75 Å². The summed E-state index contributed by atoms with van der Waals surface area (Å²) in [7, 11) is 1.55. The third-order valence-electron chi connectivity index (χ3n) is 3.19. The molecule has 0 aromatic heterocycles. The lowest BCUT2D eigenvalue weighted by Crippen LogP contribution is -2.37. The van der Waals surface area contributed by atoms with E-state index >= 15 is 0 Å². The molecule has 0 unspecified atom stereocenters. The summed E-state index contributed by atoms with van der Waals surface area (Å²) in [4.78, 5) is 25.2. The summed E-state index contributed by atoms with van der Waals surface area (Å²) in [6, 6.07) is 7.20. The Bertz CT molecular complexity index is 474. The van der Waals surface area contributed by atoms with Crippen LogP contribution in [0.2, 0.25) is 0 Å². The average molecular weight is 292 g/mol. The fourth-order valence-electron chi connectivity index (χ4n) is 2.01. The molecule has 1 N–H and O–H groups in total. The van der Waals surface area contributed by atoms with Crippen LogP contribution in [0.3, 0.4) is 0 Å². The van der Waals surface area contributed by atoms with Crippen molar-refractivity contribution in [3.05, 3.63) is 24.3 Å². The third kappa shape index (κ3) is 5.85. The van der Waals surface area contributed by atoms with Crippen LogP contribution in [0.15, 0.2) is 24.3 Å². The van der Waals surface area contributed by atoms with Crippen molar-refractivity contribution in [1.29, 1.82) is 0 Å². The predicted molar refractivity (Wildman–Crippen MR) is 83.4 cm³/mol. The monoisotopic (exact) mass is 292 g/mol. The molecule has 2 amide bonds. The van der Waals surface area contributed by atoms with E-state index in [1.54, 1.807) is 24.1 Å². The molecule has 0 spiro atoms. The summed E-state index contributed by atoms with van der Waals surface area (Å²) in [5.74, 6) is 0.304. The second-order valence-electron chi connectivity index (χ2n) is 4.90. The molecule has 1 aromatic rings. The topological polar surface area (TPSA) is 58.6 Å². The molecule has 0 aliphatic rings. The second kappa shape index (κ2) is 9.00. The van der Waals surface area contributed by atoms with Gasteiger partial charge < -0.3 is 15.0 Å². The lowest BCUT2D eigenvalue weighted by atomic mass is 10.2. The minimum atomic E-state index is -0.216. The number of methoxy groups -OCH3 is 1. The fraction of sp³-hybridized carbons (Fsp3) is 0.500. The number of rotatable bonds is 8. The standard InChI is InChI=1S/C16H24N2O3/c1-4-5-8-11-18(13(2)19)12-16(20)17-14-9-6-7-10-15(14)21-3/h6-7,9-10H,4-5,8,11-12H2,1-3H3,(H,17,20). The molecule has 1 aromatic carbocycles. The van der Waals surface area contributed by atoms with Crippen LogP contribution < -0.4 is 10.1 Å². The molecule has 0 heterocycles. The van der Waals surface area contributed by atoms with Crippen LogP contribution in [-0.2, 0) is 9.59 Å². The van der Waals surface area contributed by atoms with Crippen LogP contribution in [0.5, 0.6) is 5.75 Å². The van der Waals surface area contributed by atoms with E-state index in [0.29, 0.717) is 18.0 Å². The average Bonchev–Trinajstić information content (AvgIpc) is 2.46. The first kappa shape index (κ1) is 17.0. The third-order valence-corrected chi connectivity index (χ3v) is 3.19. The molecule has 1 rings (SSSR count).